The van der Waals surface area contributed by atoms with Gasteiger partial charge in [0.25, 0.3) is 0 Å². The fraction of sp³-hybridized carbons (Fsp3) is 0.565. The topological polar surface area (TPSA) is 33.2 Å². The number of hydrogen-bond donors (Lipinski definition) is 0. The lowest BCUT2D eigenvalue weighted by molar-refractivity contribution is 0.101. The van der Waals surface area contributed by atoms with Crippen LogP contribution >= 0.6 is 11.3 Å². The summed E-state index contributed by atoms with van der Waals surface area (Å²) in [6.07, 6.45) is 6.63. The second-order valence-corrected chi connectivity index (χ2v) is 10.6. The highest BCUT2D eigenvalue weighted by atomic mass is 32.1. The first kappa shape index (κ1) is 18.7. The van der Waals surface area contributed by atoms with E-state index >= 15 is 0 Å². The average molecular weight is 383 g/mol. The van der Waals surface area contributed by atoms with Crippen LogP contribution in [0.25, 0.3) is 0 Å². The maximum absolute atomic E-state index is 11.6. The highest BCUT2D eigenvalue weighted by molar-refractivity contribution is 7.16. The molecule has 0 N–H and O–H groups in total. The Morgan fingerprint density at radius 3 is 2.33 bits per heavy atom. The Kier molecular flexibility index (Phi) is 4.26. The van der Waals surface area contributed by atoms with Crippen molar-refractivity contribution in [1.82, 2.24) is 4.98 Å². The maximum Gasteiger partial charge on any atom is 0.161 e. The van der Waals surface area contributed by atoms with Crippen molar-refractivity contribution in [2.24, 2.45) is 0 Å². The predicted molar refractivity (Wildman–Crippen MR) is 114 cm³/mol. The molecule has 0 amide bonds. The van der Waals surface area contributed by atoms with E-state index in [0.29, 0.717) is 11.6 Å². The van der Waals surface area contributed by atoms with Crippen LogP contribution in [0.1, 0.15) is 86.7 Å². The lowest BCUT2D eigenvalue weighted by Gasteiger charge is -2.39. The second-order valence-electron chi connectivity index (χ2n) is 9.57. The molecule has 2 heterocycles. The number of Topliss-reactive ketones (excluding diaryl/α,β-unsaturated/α-hetero) is 1. The van der Waals surface area contributed by atoms with Gasteiger partial charge in [0.05, 0.1) is 0 Å². The quantitative estimate of drug-likeness (QED) is 0.581. The molecule has 4 heteroatoms. The van der Waals surface area contributed by atoms with Gasteiger partial charge in [-0.1, -0.05) is 27.7 Å². The molecule has 1 fully saturated rings. The first-order valence-corrected chi connectivity index (χ1v) is 10.8. The van der Waals surface area contributed by atoms with Gasteiger partial charge in [-0.3, -0.25) is 4.79 Å². The van der Waals surface area contributed by atoms with Gasteiger partial charge in [0.15, 0.2) is 5.78 Å². The molecule has 0 aromatic carbocycles. The number of nitrogens with zero attached hydrogens (tertiary/aromatic N) is 2. The number of ketones is 1. The molecule has 0 saturated heterocycles. The van der Waals surface area contributed by atoms with Crippen molar-refractivity contribution < 1.29 is 4.79 Å². The van der Waals surface area contributed by atoms with Crippen LogP contribution in [-0.4, -0.2) is 16.8 Å². The van der Waals surface area contributed by atoms with Gasteiger partial charge in [0.2, 0.25) is 0 Å². The van der Waals surface area contributed by atoms with E-state index in [-0.39, 0.29) is 16.6 Å². The van der Waals surface area contributed by atoms with Crippen LogP contribution in [0.4, 0.5) is 10.8 Å². The van der Waals surface area contributed by atoms with E-state index in [1.165, 1.54) is 36.2 Å². The maximum atomic E-state index is 11.6. The molecule has 0 bridgehead atoms. The number of fused-ring (bicyclic) bond motifs is 1. The monoisotopic (exact) mass is 382 g/mol. The Labute approximate surface area is 166 Å². The Bertz CT molecular complexity index is 888. The van der Waals surface area contributed by atoms with E-state index < -0.39 is 0 Å². The molecule has 0 atom stereocenters. The normalized spacial score (nSPS) is 20.2. The lowest BCUT2D eigenvalue weighted by atomic mass is 9.66. The molecule has 0 unspecified atom stereocenters. The molecule has 0 spiro atoms. The van der Waals surface area contributed by atoms with Gasteiger partial charge in [-0.15, -0.1) is 11.3 Å². The van der Waals surface area contributed by atoms with Gasteiger partial charge in [-0.05, 0) is 73.6 Å². The summed E-state index contributed by atoms with van der Waals surface area (Å²) in [6, 6.07) is 4.46. The molecule has 1 saturated carbocycles. The highest BCUT2D eigenvalue weighted by Gasteiger charge is 2.43. The molecule has 3 nitrogen and oxygen atoms in total. The molecule has 2 aromatic rings. The van der Waals surface area contributed by atoms with Gasteiger partial charge in [0, 0.05) is 22.7 Å². The predicted octanol–water partition coefficient (Wildman–Crippen LogP) is 6.30. The van der Waals surface area contributed by atoms with Crippen molar-refractivity contribution in [3.05, 3.63) is 39.9 Å². The number of thiophene rings is 1. The summed E-state index contributed by atoms with van der Waals surface area (Å²) in [4.78, 5) is 20.3. The number of aromatic nitrogens is 1. The van der Waals surface area contributed by atoms with Gasteiger partial charge in [-0.2, -0.15) is 0 Å². The molecule has 0 radical (unpaired) electrons. The largest absolute Gasteiger partial charge is 0.315 e. The van der Waals surface area contributed by atoms with Crippen LogP contribution in [0, 0.1) is 6.92 Å². The molecule has 2 aliphatic rings. The number of hydrogen-bond acceptors (Lipinski definition) is 4. The Morgan fingerprint density at radius 1 is 1.15 bits per heavy atom. The van der Waals surface area contributed by atoms with Crippen molar-refractivity contribution in [3.8, 4) is 0 Å². The number of carbonyl (C=O) groups is 1. The standard InChI is InChI=1S/C23H30N2OS/c1-14-19-20(23(5,6)12-11-22(19,3)4)27-21(14)25(17-8-9-17)18-10-7-16(13-24-18)15(2)26/h7,10,13,17H,8-9,11-12H2,1-6H3. The van der Waals surface area contributed by atoms with Crippen molar-refractivity contribution in [2.45, 2.75) is 84.1 Å². The molecule has 27 heavy (non-hydrogen) atoms. The zero-order valence-corrected chi connectivity index (χ0v) is 18.2. The lowest BCUT2D eigenvalue weighted by Crippen LogP contribution is -2.32. The van der Waals surface area contributed by atoms with Crippen molar-refractivity contribution in [2.75, 3.05) is 4.90 Å². The van der Waals surface area contributed by atoms with E-state index in [1.54, 1.807) is 23.6 Å². The summed E-state index contributed by atoms with van der Waals surface area (Å²) >= 11 is 1.97. The van der Waals surface area contributed by atoms with E-state index in [9.17, 15) is 4.79 Å². The fourth-order valence-electron chi connectivity index (χ4n) is 4.41. The summed E-state index contributed by atoms with van der Waals surface area (Å²) in [7, 11) is 0. The summed E-state index contributed by atoms with van der Waals surface area (Å²) in [5.74, 6) is 1.04. The number of anilines is 2. The van der Waals surface area contributed by atoms with Crippen molar-refractivity contribution >= 4 is 27.9 Å². The molecule has 4 rings (SSSR count). The Hall–Kier alpha value is -1.68. The van der Waals surface area contributed by atoms with Gasteiger partial charge >= 0.3 is 0 Å². The third-order valence-corrected chi connectivity index (χ3v) is 7.98. The second kappa shape index (κ2) is 6.16. The number of pyridine rings is 1. The van der Waals surface area contributed by atoms with Crippen LogP contribution in [-0.2, 0) is 10.8 Å². The van der Waals surface area contributed by atoms with E-state index in [2.05, 4.69) is 44.5 Å². The average Bonchev–Trinajstić information content (AvgIpc) is 3.36. The molecule has 2 aliphatic carbocycles. The Balaban J connectivity index is 1.83. The third kappa shape index (κ3) is 3.12. The summed E-state index contributed by atoms with van der Waals surface area (Å²) < 4.78 is 0. The van der Waals surface area contributed by atoms with Crippen LogP contribution in [0.2, 0.25) is 0 Å². The summed E-state index contributed by atoms with van der Waals surface area (Å²) in [5.41, 5.74) is 4.13. The van der Waals surface area contributed by atoms with E-state index in [1.807, 2.05) is 23.5 Å². The van der Waals surface area contributed by atoms with Crippen LogP contribution < -0.4 is 4.90 Å². The smallest absolute Gasteiger partial charge is 0.161 e. The molecular weight excluding hydrogens is 352 g/mol. The molecule has 144 valence electrons. The Morgan fingerprint density at radius 2 is 1.81 bits per heavy atom. The number of carbonyl (C=O) groups excluding carboxylic acids is 1. The first-order valence-electron chi connectivity index (χ1n) is 10.0. The van der Waals surface area contributed by atoms with Crippen LogP contribution in [0.3, 0.4) is 0 Å². The van der Waals surface area contributed by atoms with Crippen molar-refractivity contribution in [3.63, 3.8) is 0 Å². The SMILES string of the molecule is CC(=O)c1ccc(N(c2sc3c(c2C)C(C)(C)CCC3(C)C)C2CC2)nc1. The minimum Gasteiger partial charge on any atom is -0.315 e. The molecule has 0 aliphatic heterocycles. The number of rotatable bonds is 4. The van der Waals surface area contributed by atoms with Gasteiger partial charge in [-0.25, -0.2) is 4.98 Å². The summed E-state index contributed by atoms with van der Waals surface area (Å²) in [5, 5.41) is 1.36. The first-order chi connectivity index (χ1) is 12.6. The van der Waals surface area contributed by atoms with Crippen LogP contribution in [0.15, 0.2) is 18.3 Å². The highest BCUT2D eigenvalue weighted by Crippen LogP contribution is 2.55. The summed E-state index contributed by atoms with van der Waals surface area (Å²) in [6.45, 7) is 13.5. The zero-order valence-electron chi connectivity index (χ0n) is 17.3. The zero-order chi connectivity index (χ0) is 19.6. The van der Waals surface area contributed by atoms with Crippen LogP contribution in [0.5, 0.6) is 0 Å². The van der Waals surface area contributed by atoms with Gasteiger partial charge < -0.3 is 4.90 Å². The minimum absolute atomic E-state index is 0.0679. The fourth-order valence-corrected chi connectivity index (χ4v) is 6.11. The minimum atomic E-state index is 0.0679. The third-order valence-electron chi connectivity index (χ3n) is 6.32. The molecule has 2 aromatic heterocycles. The molecular formula is C23H30N2OS. The van der Waals surface area contributed by atoms with E-state index in [0.717, 1.165) is 5.82 Å². The van der Waals surface area contributed by atoms with E-state index in [4.69, 9.17) is 0 Å². The van der Waals surface area contributed by atoms with Crippen molar-refractivity contribution in [1.29, 1.82) is 0 Å². The van der Waals surface area contributed by atoms with Gasteiger partial charge in [0.1, 0.15) is 10.8 Å².